The second-order valence-corrected chi connectivity index (χ2v) is 16.1. The van der Waals surface area contributed by atoms with Gasteiger partial charge in [0.2, 0.25) is 0 Å². The molecule has 0 amide bonds. The average Bonchev–Trinajstić information content (AvgIpc) is 2.61. The third-order valence-electron chi connectivity index (χ3n) is 3.09. The molecule has 0 heterocycles. The van der Waals surface area contributed by atoms with Crippen molar-refractivity contribution in [3.63, 3.8) is 0 Å². The molecule has 0 radical (unpaired) electrons. The van der Waals surface area contributed by atoms with Gasteiger partial charge in [0.15, 0.2) is 0 Å². The van der Waals surface area contributed by atoms with E-state index in [1.165, 1.54) is 22.3 Å². The van der Waals surface area contributed by atoms with E-state index < -0.39 is 0 Å². The predicted octanol–water partition coefficient (Wildman–Crippen LogP) is 5.77. The Morgan fingerprint density at radius 2 is 1.76 bits per heavy atom. The number of aryl methyl sites for hydroxylation is 1. The third kappa shape index (κ3) is 4.15. The van der Waals surface area contributed by atoms with Gasteiger partial charge in [-0.05, 0) is 48.4 Å². The molecule has 0 fully saturated rings. The van der Waals surface area contributed by atoms with E-state index in [0.717, 1.165) is 6.42 Å². The van der Waals surface area contributed by atoms with Gasteiger partial charge in [-0.1, -0.05) is 37.6 Å². The topological polar surface area (TPSA) is 0 Å². The minimum absolute atomic E-state index is 0.145. The molecule has 0 saturated heterocycles. The minimum atomic E-state index is -0.145. The summed E-state index contributed by atoms with van der Waals surface area (Å²) in [5.74, 6) is 0.631. The van der Waals surface area contributed by atoms with E-state index in [9.17, 15) is 0 Å². The van der Waals surface area contributed by atoms with Gasteiger partial charge in [0.25, 0.3) is 0 Å². The summed E-state index contributed by atoms with van der Waals surface area (Å²) < 4.78 is 0. The normalized spacial score (nSPS) is 12.8. The van der Waals surface area contributed by atoms with Crippen molar-refractivity contribution in [2.24, 2.45) is 0 Å². The van der Waals surface area contributed by atoms with Crippen molar-refractivity contribution in [2.45, 2.75) is 40.0 Å². The number of rotatable bonds is 1. The maximum absolute atomic E-state index is 3.23. The summed E-state index contributed by atoms with van der Waals surface area (Å²) in [5.41, 5.74) is 7.49. The first-order chi connectivity index (χ1) is 8.01. The molecule has 1 aliphatic carbocycles. The molecule has 2 rings (SSSR count). The van der Waals surface area contributed by atoms with Crippen LogP contribution < -0.4 is 0 Å². The number of hydrogen-bond donors (Lipinski definition) is 0. The molecule has 0 atom stereocenters. The van der Waals surface area contributed by atoms with Crippen LogP contribution in [0, 0.1) is 6.92 Å². The molecule has 1 aromatic rings. The van der Waals surface area contributed by atoms with E-state index in [1.54, 1.807) is 5.56 Å². The summed E-state index contributed by atoms with van der Waals surface area (Å²) >= 11 is 6.32. The third-order valence-corrected chi connectivity index (χ3v) is 3.09. The first kappa shape index (κ1) is 15.9. The molecule has 0 spiro atoms. The number of benzene rings is 1. The zero-order chi connectivity index (χ0) is 13.0. The number of fused-ring (bicyclic) bond motifs is 1. The van der Waals surface area contributed by atoms with Gasteiger partial charge in [0.1, 0.15) is 0 Å². The van der Waals surface area contributed by atoms with Crippen molar-refractivity contribution in [1.82, 2.24) is 0 Å². The summed E-state index contributed by atoms with van der Waals surface area (Å²) in [5, 5.41) is 0. The molecule has 92 valence electrons. The second-order valence-electron chi connectivity index (χ2n) is 4.76. The van der Waals surface area contributed by atoms with E-state index >= 15 is 0 Å². The fourth-order valence-electron chi connectivity index (χ4n) is 2.28. The zero-order valence-corrected chi connectivity index (χ0v) is 16.4. The Hall–Kier alpha value is 0.803. The van der Waals surface area contributed by atoms with Crippen LogP contribution in [0.4, 0.5) is 0 Å². The fraction of sp³-hybridized carbons (Fsp3) is 0.429. The van der Waals surface area contributed by atoms with Crippen LogP contribution in [0.5, 0.6) is 0 Å². The summed E-state index contributed by atoms with van der Waals surface area (Å²) in [6.07, 6.45) is 3.51. The van der Waals surface area contributed by atoms with Gasteiger partial charge in [-0.2, -0.15) is 0 Å². The SMILES string of the molecule is CC1=Cc2c(C(C)C)ccc(C)c2C1.[Br][Zr][Br]. The maximum atomic E-state index is 3.23. The molecule has 0 aromatic heterocycles. The molecule has 0 unspecified atom stereocenters. The molecule has 3 heteroatoms. The molecule has 0 N–H and O–H groups in total. The van der Waals surface area contributed by atoms with Crippen molar-refractivity contribution in [2.75, 3.05) is 0 Å². The molecular weight excluding hydrogens is 419 g/mol. The van der Waals surface area contributed by atoms with E-state index in [2.05, 4.69) is 70.3 Å². The Bertz CT molecular complexity index is 422. The fourth-order valence-corrected chi connectivity index (χ4v) is 2.28. The monoisotopic (exact) mass is 434 g/mol. The van der Waals surface area contributed by atoms with Crippen LogP contribution in [0.2, 0.25) is 0 Å². The first-order valence-corrected chi connectivity index (χ1v) is 17.0. The summed E-state index contributed by atoms with van der Waals surface area (Å²) in [6, 6.07) is 4.55. The molecule has 1 aliphatic rings. The van der Waals surface area contributed by atoms with Crippen LogP contribution in [0.1, 0.15) is 48.9 Å². The summed E-state index contributed by atoms with van der Waals surface area (Å²) in [4.78, 5) is 0. The van der Waals surface area contributed by atoms with Crippen molar-refractivity contribution in [3.8, 4) is 0 Å². The van der Waals surface area contributed by atoms with Gasteiger partial charge in [0.05, 0.1) is 0 Å². The molecule has 0 saturated carbocycles. The second kappa shape index (κ2) is 7.41. The van der Waals surface area contributed by atoms with E-state index in [0.29, 0.717) is 5.92 Å². The van der Waals surface area contributed by atoms with Crippen LogP contribution >= 0.6 is 24.4 Å². The van der Waals surface area contributed by atoms with Gasteiger partial charge in [-0.25, -0.2) is 0 Å². The van der Waals surface area contributed by atoms with Crippen LogP contribution in [0.25, 0.3) is 6.08 Å². The van der Waals surface area contributed by atoms with Crippen LogP contribution in [-0.4, -0.2) is 0 Å². The molecule has 0 aliphatic heterocycles. The molecular formula is C14H18Br2Zr. The van der Waals surface area contributed by atoms with E-state index in [1.807, 2.05) is 0 Å². The molecule has 1 aromatic carbocycles. The Morgan fingerprint density at radius 3 is 2.29 bits per heavy atom. The van der Waals surface area contributed by atoms with Crippen molar-refractivity contribution in [3.05, 3.63) is 40.0 Å². The summed E-state index contributed by atoms with van der Waals surface area (Å²) in [7, 11) is 0. The number of halogens is 2. The standard InChI is InChI=1S/C14H18.2BrH.Zr/c1-9(2)12-6-5-11(4)13-7-10(3)8-14(12)13;;;/h5-6,8-9H,7H2,1-4H3;2*1H;/q;;;+2/p-2. The van der Waals surface area contributed by atoms with E-state index in [4.69, 9.17) is 0 Å². The quantitative estimate of drug-likeness (QED) is 0.524. The zero-order valence-electron chi connectivity index (χ0n) is 10.8. The van der Waals surface area contributed by atoms with Gasteiger partial charge in [0, 0.05) is 0 Å². The number of hydrogen-bond acceptors (Lipinski definition) is 0. The Morgan fingerprint density at radius 1 is 1.18 bits per heavy atom. The molecule has 0 nitrogen and oxygen atoms in total. The first-order valence-electron chi connectivity index (χ1n) is 5.77. The average molecular weight is 437 g/mol. The van der Waals surface area contributed by atoms with Gasteiger partial charge >= 0.3 is 43.0 Å². The Labute approximate surface area is 128 Å². The van der Waals surface area contributed by atoms with Gasteiger partial charge in [-0.3, -0.25) is 0 Å². The van der Waals surface area contributed by atoms with Gasteiger partial charge < -0.3 is 0 Å². The van der Waals surface area contributed by atoms with Gasteiger partial charge in [-0.15, -0.1) is 0 Å². The Kier molecular flexibility index (Phi) is 6.91. The molecule has 0 bridgehead atoms. The predicted molar refractivity (Wildman–Crippen MR) is 80.5 cm³/mol. The van der Waals surface area contributed by atoms with Crippen LogP contribution in [-0.2, 0) is 25.0 Å². The van der Waals surface area contributed by atoms with Crippen LogP contribution in [0.3, 0.4) is 0 Å². The van der Waals surface area contributed by atoms with Crippen molar-refractivity contribution >= 4 is 30.5 Å². The Balaban J connectivity index is 0.000000437. The van der Waals surface area contributed by atoms with E-state index in [-0.39, 0.29) is 18.5 Å². The summed E-state index contributed by atoms with van der Waals surface area (Å²) in [6.45, 7) is 8.98. The van der Waals surface area contributed by atoms with Crippen LogP contribution in [0.15, 0.2) is 17.7 Å². The van der Waals surface area contributed by atoms with Crippen molar-refractivity contribution < 1.29 is 18.5 Å². The number of allylic oxidation sites excluding steroid dienone is 1. The molecule has 17 heavy (non-hydrogen) atoms. The van der Waals surface area contributed by atoms with Crippen molar-refractivity contribution in [1.29, 1.82) is 0 Å².